The molecular weight excluding hydrogens is 204 g/mol. The summed E-state index contributed by atoms with van der Waals surface area (Å²) < 4.78 is 0. The van der Waals surface area contributed by atoms with Crippen molar-refractivity contribution in [2.75, 3.05) is 26.7 Å². The molecule has 1 saturated heterocycles. The van der Waals surface area contributed by atoms with Crippen LogP contribution in [0.15, 0.2) is 0 Å². The lowest BCUT2D eigenvalue weighted by Crippen LogP contribution is -2.45. The molecule has 0 aromatic carbocycles. The topological polar surface area (TPSA) is 52.6 Å². The molecular formula is C12H24N2O2. The minimum absolute atomic E-state index is 0.531. The van der Waals surface area contributed by atoms with E-state index in [9.17, 15) is 4.79 Å². The fourth-order valence-electron chi connectivity index (χ4n) is 2.03. The second-order valence-corrected chi connectivity index (χ2v) is 5.49. The highest BCUT2D eigenvalue weighted by Crippen LogP contribution is 2.19. The highest BCUT2D eigenvalue weighted by molar-refractivity contribution is 5.73. The molecule has 0 aliphatic carbocycles. The molecule has 16 heavy (non-hydrogen) atoms. The number of nitrogens with one attached hydrogen (secondary N) is 1. The lowest BCUT2D eigenvalue weighted by Gasteiger charge is -2.31. The third-order valence-corrected chi connectivity index (χ3v) is 3.39. The van der Waals surface area contributed by atoms with E-state index in [4.69, 9.17) is 5.11 Å². The summed E-state index contributed by atoms with van der Waals surface area (Å²) in [5.41, 5.74) is -0.617. The smallest absolute Gasteiger partial charge is 0.309 e. The van der Waals surface area contributed by atoms with Crippen LogP contribution in [0.3, 0.4) is 0 Å². The molecule has 1 fully saturated rings. The Morgan fingerprint density at radius 1 is 1.56 bits per heavy atom. The van der Waals surface area contributed by atoms with Crippen molar-refractivity contribution in [3.05, 3.63) is 0 Å². The van der Waals surface area contributed by atoms with E-state index >= 15 is 0 Å². The number of carboxylic acid groups (broad SMARTS) is 1. The first-order valence-electron chi connectivity index (χ1n) is 6.07. The number of rotatable bonds is 5. The van der Waals surface area contributed by atoms with Gasteiger partial charge in [-0.3, -0.25) is 4.79 Å². The number of hydrogen-bond donors (Lipinski definition) is 2. The molecule has 0 radical (unpaired) electrons. The molecule has 4 nitrogen and oxygen atoms in total. The van der Waals surface area contributed by atoms with Gasteiger partial charge in [0, 0.05) is 12.6 Å². The SMILES string of the molecule is CN1CCCC(NCCC(C)(C)C(=O)O)C1. The molecule has 1 rings (SSSR count). The van der Waals surface area contributed by atoms with Gasteiger partial charge in [0.15, 0.2) is 0 Å². The van der Waals surface area contributed by atoms with Crippen molar-refractivity contribution in [2.24, 2.45) is 5.41 Å². The van der Waals surface area contributed by atoms with Crippen LogP contribution in [-0.2, 0) is 4.79 Å². The van der Waals surface area contributed by atoms with Crippen LogP contribution in [0.2, 0.25) is 0 Å². The zero-order valence-corrected chi connectivity index (χ0v) is 10.6. The summed E-state index contributed by atoms with van der Waals surface area (Å²) in [7, 11) is 2.13. The fourth-order valence-corrected chi connectivity index (χ4v) is 2.03. The summed E-state index contributed by atoms with van der Waals surface area (Å²) in [6, 6.07) is 0.531. The molecule has 0 amide bonds. The molecule has 4 heteroatoms. The third kappa shape index (κ3) is 4.10. The Morgan fingerprint density at radius 3 is 2.81 bits per heavy atom. The average molecular weight is 228 g/mol. The number of hydrogen-bond acceptors (Lipinski definition) is 3. The number of aliphatic carboxylic acids is 1. The van der Waals surface area contributed by atoms with Gasteiger partial charge in [-0.1, -0.05) is 0 Å². The van der Waals surface area contributed by atoms with Gasteiger partial charge in [0.25, 0.3) is 0 Å². The van der Waals surface area contributed by atoms with E-state index in [2.05, 4.69) is 17.3 Å². The van der Waals surface area contributed by atoms with Crippen molar-refractivity contribution in [3.63, 3.8) is 0 Å². The standard InChI is InChI=1S/C12H24N2O2/c1-12(2,11(15)16)6-7-13-10-5-4-8-14(3)9-10/h10,13H,4-9H2,1-3H3,(H,15,16). The van der Waals surface area contributed by atoms with Gasteiger partial charge in [0.1, 0.15) is 0 Å². The largest absolute Gasteiger partial charge is 0.481 e. The van der Waals surface area contributed by atoms with Crippen LogP contribution in [0.25, 0.3) is 0 Å². The van der Waals surface area contributed by atoms with Crippen molar-refractivity contribution >= 4 is 5.97 Å². The van der Waals surface area contributed by atoms with Crippen LogP contribution in [0.4, 0.5) is 0 Å². The van der Waals surface area contributed by atoms with Crippen LogP contribution in [0.5, 0.6) is 0 Å². The quantitative estimate of drug-likeness (QED) is 0.741. The highest BCUT2D eigenvalue weighted by atomic mass is 16.4. The summed E-state index contributed by atoms with van der Waals surface area (Å²) in [6.07, 6.45) is 3.12. The molecule has 1 atom stereocenters. The summed E-state index contributed by atoms with van der Waals surface area (Å²) in [4.78, 5) is 13.2. The highest BCUT2D eigenvalue weighted by Gasteiger charge is 2.27. The van der Waals surface area contributed by atoms with Gasteiger partial charge < -0.3 is 15.3 Å². The van der Waals surface area contributed by atoms with Crippen molar-refractivity contribution in [1.29, 1.82) is 0 Å². The first kappa shape index (κ1) is 13.5. The maximum absolute atomic E-state index is 10.9. The summed E-state index contributed by atoms with van der Waals surface area (Å²) >= 11 is 0. The summed E-state index contributed by atoms with van der Waals surface area (Å²) in [5.74, 6) is -0.713. The van der Waals surface area contributed by atoms with Crippen LogP contribution in [0, 0.1) is 5.41 Å². The second-order valence-electron chi connectivity index (χ2n) is 5.49. The van der Waals surface area contributed by atoms with E-state index in [1.54, 1.807) is 13.8 Å². The first-order valence-corrected chi connectivity index (χ1v) is 6.07. The maximum atomic E-state index is 10.9. The average Bonchev–Trinajstić information content (AvgIpc) is 2.17. The molecule has 1 aliphatic heterocycles. The van der Waals surface area contributed by atoms with E-state index in [1.807, 2.05) is 0 Å². The number of carboxylic acids is 1. The van der Waals surface area contributed by atoms with Crippen molar-refractivity contribution in [3.8, 4) is 0 Å². The Morgan fingerprint density at radius 2 is 2.25 bits per heavy atom. The molecule has 1 heterocycles. The van der Waals surface area contributed by atoms with Gasteiger partial charge in [-0.2, -0.15) is 0 Å². The van der Waals surface area contributed by atoms with Gasteiger partial charge in [-0.15, -0.1) is 0 Å². The normalized spacial score (nSPS) is 23.3. The first-order chi connectivity index (χ1) is 7.42. The van der Waals surface area contributed by atoms with Crippen LogP contribution >= 0.6 is 0 Å². The number of carbonyl (C=O) groups is 1. The number of likely N-dealkylation sites (N-methyl/N-ethyl adjacent to an activating group) is 1. The third-order valence-electron chi connectivity index (χ3n) is 3.39. The van der Waals surface area contributed by atoms with Gasteiger partial charge in [0.05, 0.1) is 5.41 Å². The van der Waals surface area contributed by atoms with Crippen molar-refractivity contribution in [2.45, 2.75) is 39.2 Å². The monoisotopic (exact) mass is 228 g/mol. The lowest BCUT2D eigenvalue weighted by molar-refractivity contribution is -0.147. The number of piperidine rings is 1. The second kappa shape index (κ2) is 5.64. The van der Waals surface area contributed by atoms with E-state index in [0.717, 1.165) is 13.1 Å². The Balaban J connectivity index is 2.22. The molecule has 1 unspecified atom stereocenters. The molecule has 0 saturated carbocycles. The van der Waals surface area contributed by atoms with Gasteiger partial charge in [0.2, 0.25) is 0 Å². The predicted octanol–water partition coefficient (Wildman–Crippen LogP) is 1.17. The zero-order chi connectivity index (χ0) is 12.2. The molecule has 0 bridgehead atoms. The molecule has 0 aromatic heterocycles. The molecule has 0 spiro atoms. The van der Waals surface area contributed by atoms with Gasteiger partial charge >= 0.3 is 5.97 Å². The molecule has 1 aliphatic rings. The van der Waals surface area contributed by atoms with Gasteiger partial charge in [-0.25, -0.2) is 0 Å². The van der Waals surface area contributed by atoms with Gasteiger partial charge in [-0.05, 0) is 53.2 Å². The maximum Gasteiger partial charge on any atom is 0.309 e. The van der Waals surface area contributed by atoms with Crippen molar-refractivity contribution in [1.82, 2.24) is 10.2 Å². The van der Waals surface area contributed by atoms with Crippen LogP contribution in [0.1, 0.15) is 33.1 Å². The Hall–Kier alpha value is -0.610. The van der Waals surface area contributed by atoms with E-state index in [-0.39, 0.29) is 0 Å². The Kier molecular flexibility index (Phi) is 4.74. The van der Waals surface area contributed by atoms with Crippen LogP contribution in [-0.4, -0.2) is 48.7 Å². The minimum atomic E-state index is -0.713. The summed E-state index contributed by atoms with van der Waals surface area (Å²) in [6.45, 7) is 6.61. The zero-order valence-electron chi connectivity index (χ0n) is 10.6. The van der Waals surface area contributed by atoms with Crippen LogP contribution < -0.4 is 5.32 Å². The Labute approximate surface area is 98.0 Å². The number of nitrogens with zero attached hydrogens (tertiary/aromatic N) is 1. The minimum Gasteiger partial charge on any atom is -0.481 e. The fraction of sp³-hybridized carbons (Fsp3) is 0.917. The molecule has 0 aromatic rings. The van der Waals surface area contributed by atoms with E-state index in [0.29, 0.717) is 12.5 Å². The van der Waals surface area contributed by atoms with E-state index in [1.165, 1.54) is 19.4 Å². The molecule has 2 N–H and O–H groups in total. The number of likely N-dealkylation sites (tertiary alicyclic amines) is 1. The van der Waals surface area contributed by atoms with Crippen molar-refractivity contribution < 1.29 is 9.90 Å². The molecule has 94 valence electrons. The predicted molar refractivity (Wildman–Crippen MR) is 64.6 cm³/mol. The Bertz CT molecular complexity index is 241. The van der Waals surface area contributed by atoms with E-state index < -0.39 is 11.4 Å². The lowest BCUT2D eigenvalue weighted by atomic mass is 9.89. The summed E-state index contributed by atoms with van der Waals surface area (Å²) in [5, 5.41) is 12.4.